The molecule has 2 aromatic carbocycles. The number of piperidine rings is 2. The molecule has 11 heteroatoms. The monoisotopic (exact) mass is 641 g/mol. The van der Waals surface area contributed by atoms with E-state index >= 15 is 0 Å². The maximum absolute atomic E-state index is 14.0. The van der Waals surface area contributed by atoms with Crippen molar-refractivity contribution in [2.45, 2.75) is 70.3 Å². The molecule has 2 atom stereocenters. The lowest BCUT2D eigenvalue weighted by atomic mass is 9.79. The minimum atomic E-state index is -1.17. The fourth-order valence-corrected chi connectivity index (χ4v) is 6.77. The lowest BCUT2D eigenvalue weighted by molar-refractivity contribution is -0.142. The Labute approximate surface area is 274 Å². The standard InChI is InChI=1S/C36H43N5O6/c1-35(2,3)47-34(45)39-17-13-28(30(21-39)26-7-5-4-6-8-26)32(43)38-19-15-36(46,16-20-38)23-40-24-37-31-29(33(40)44)14-18-41(31)27-11-9-25(22-42)10-12-27/h4-12,14,18,24,28,30,42,46H,13,15-17,19-23H2,1-3H3/t28-,30+/m1/s1. The van der Waals surface area contributed by atoms with Crippen LogP contribution in [0.2, 0.25) is 0 Å². The van der Waals surface area contributed by atoms with E-state index in [2.05, 4.69) is 4.98 Å². The van der Waals surface area contributed by atoms with Gasteiger partial charge < -0.3 is 29.3 Å². The van der Waals surface area contributed by atoms with E-state index in [1.54, 1.807) is 17.2 Å². The number of amides is 2. The Kier molecular flexibility index (Phi) is 8.95. The zero-order valence-corrected chi connectivity index (χ0v) is 27.2. The number of aliphatic hydroxyl groups is 2. The van der Waals surface area contributed by atoms with Gasteiger partial charge in [0.15, 0.2) is 5.65 Å². The summed E-state index contributed by atoms with van der Waals surface area (Å²) in [5.41, 5.74) is 1.12. The Hall–Kier alpha value is -4.48. The lowest BCUT2D eigenvalue weighted by Crippen LogP contribution is -2.53. The Morgan fingerprint density at radius 1 is 0.979 bits per heavy atom. The highest BCUT2D eigenvalue weighted by Crippen LogP contribution is 2.36. The van der Waals surface area contributed by atoms with Crippen LogP contribution in [0, 0.1) is 5.92 Å². The summed E-state index contributed by atoms with van der Waals surface area (Å²) < 4.78 is 8.91. The van der Waals surface area contributed by atoms with Crippen LogP contribution >= 0.6 is 0 Å². The van der Waals surface area contributed by atoms with Crippen LogP contribution in [-0.2, 0) is 22.7 Å². The van der Waals surface area contributed by atoms with Crippen LogP contribution in [-0.4, -0.2) is 83.5 Å². The van der Waals surface area contributed by atoms with Crippen molar-refractivity contribution in [1.82, 2.24) is 23.9 Å². The van der Waals surface area contributed by atoms with Crippen LogP contribution < -0.4 is 5.56 Å². The molecule has 248 valence electrons. The molecule has 2 aliphatic rings. The van der Waals surface area contributed by atoms with E-state index in [1.165, 1.54) is 10.9 Å². The summed E-state index contributed by atoms with van der Waals surface area (Å²) in [7, 11) is 0. The number of aliphatic hydroxyl groups excluding tert-OH is 1. The SMILES string of the molecule is CC(C)(C)OC(=O)N1CC[C@@H](C(=O)N2CCC(O)(Cn3cnc4c(ccn4-c4ccc(CO)cc4)c3=O)CC2)[C@H](c2ccccc2)C1. The Morgan fingerprint density at radius 2 is 1.68 bits per heavy atom. The van der Waals surface area contributed by atoms with E-state index in [-0.39, 0.29) is 42.5 Å². The highest BCUT2D eigenvalue weighted by Gasteiger charge is 2.42. The van der Waals surface area contributed by atoms with Crippen LogP contribution in [0.15, 0.2) is 78.0 Å². The fraction of sp³-hybridized carbons (Fsp3) is 0.444. The molecule has 0 aliphatic carbocycles. The molecule has 0 spiro atoms. The Balaban J connectivity index is 1.13. The molecule has 2 aliphatic heterocycles. The molecular formula is C36H43N5O6. The summed E-state index contributed by atoms with van der Waals surface area (Å²) in [6.07, 6.45) is 4.06. The summed E-state index contributed by atoms with van der Waals surface area (Å²) in [5.74, 6) is -0.458. The number of rotatable bonds is 6. The average Bonchev–Trinajstić information content (AvgIpc) is 3.50. The van der Waals surface area contributed by atoms with E-state index in [0.717, 1.165) is 16.8 Å². The van der Waals surface area contributed by atoms with Gasteiger partial charge in [-0.1, -0.05) is 42.5 Å². The number of hydrogen-bond donors (Lipinski definition) is 2. The van der Waals surface area contributed by atoms with Gasteiger partial charge >= 0.3 is 6.09 Å². The van der Waals surface area contributed by atoms with Gasteiger partial charge in [0, 0.05) is 49.9 Å². The van der Waals surface area contributed by atoms with Crippen molar-refractivity contribution in [3.8, 4) is 5.69 Å². The zero-order chi connectivity index (χ0) is 33.3. The van der Waals surface area contributed by atoms with Gasteiger partial charge in [0.25, 0.3) is 5.56 Å². The number of ether oxygens (including phenoxy) is 1. The molecule has 11 nitrogen and oxygen atoms in total. The third-order valence-corrected chi connectivity index (χ3v) is 9.35. The van der Waals surface area contributed by atoms with Crippen LogP contribution in [0.25, 0.3) is 16.7 Å². The molecule has 0 unspecified atom stereocenters. The molecule has 6 rings (SSSR count). The fourth-order valence-electron chi connectivity index (χ4n) is 6.77. The zero-order valence-electron chi connectivity index (χ0n) is 27.2. The normalized spacial score (nSPS) is 19.9. The predicted molar refractivity (Wildman–Crippen MR) is 177 cm³/mol. The van der Waals surface area contributed by atoms with Crippen LogP contribution in [0.4, 0.5) is 4.79 Å². The third kappa shape index (κ3) is 6.96. The van der Waals surface area contributed by atoms with E-state index in [1.807, 2.05) is 84.8 Å². The maximum Gasteiger partial charge on any atom is 0.410 e. The van der Waals surface area contributed by atoms with Crippen LogP contribution in [0.5, 0.6) is 0 Å². The minimum absolute atomic E-state index is 0.0263. The van der Waals surface area contributed by atoms with Gasteiger partial charge in [-0.05, 0) is 69.4 Å². The van der Waals surface area contributed by atoms with Crippen LogP contribution in [0.1, 0.15) is 57.1 Å². The summed E-state index contributed by atoms with van der Waals surface area (Å²) in [6, 6.07) is 18.9. The van der Waals surface area contributed by atoms with E-state index in [9.17, 15) is 24.6 Å². The highest BCUT2D eigenvalue weighted by molar-refractivity contribution is 5.81. The predicted octanol–water partition coefficient (Wildman–Crippen LogP) is 4.07. The topological polar surface area (TPSA) is 130 Å². The molecule has 47 heavy (non-hydrogen) atoms. The van der Waals surface area contributed by atoms with Crippen molar-refractivity contribution >= 4 is 23.0 Å². The van der Waals surface area contributed by atoms with E-state index in [0.29, 0.717) is 56.5 Å². The van der Waals surface area contributed by atoms with Crippen molar-refractivity contribution < 1.29 is 24.5 Å². The quantitative estimate of drug-likeness (QED) is 0.325. The second kappa shape index (κ2) is 13.0. The molecule has 2 N–H and O–H groups in total. The number of likely N-dealkylation sites (tertiary alicyclic amines) is 2. The average molecular weight is 642 g/mol. The molecule has 2 amide bonds. The number of carbonyl (C=O) groups excluding carboxylic acids is 2. The Morgan fingerprint density at radius 3 is 2.34 bits per heavy atom. The van der Waals surface area contributed by atoms with Crippen LogP contribution in [0.3, 0.4) is 0 Å². The molecule has 4 heterocycles. The smallest absolute Gasteiger partial charge is 0.410 e. The summed E-state index contributed by atoms with van der Waals surface area (Å²) in [5, 5.41) is 21.4. The first kappa shape index (κ1) is 32.5. The largest absolute Gasteiger partial charge is 0.444 e. The number of fused-ring (bicyclic) bond motifs is 1. The minimum Gasteiger partial charge on any atom is -0.444 e. The second-order valence-electron chi connectivity index (χ2n) is 13.8. The van der Waals surface area contributed by atoms with Gasteiger partial charge in [-0.25, -0.2) is 9.78 Å². The molecule has 0 radical (unpaired) electrons. The second-order valence-corrected chi connectivity index (χ2v) is 13.8. The van der Waals surface area contributed by atoms with Gasteiger partial charge in [0.1, 0.15) is 11.9 Å². The molecule has 0 saturated carbocycles. The first-order chi connectivity index (χ1) is 22.4. The molecule has 2 aromatic heterocycles. The first-order valence-corrected chi connectivity index (χ1v) is 16.3. The van der Waals surface area contributed by atoms with Crippen molar-refractivity contribution in [3.05, 3.63) is 94.7 Å². The molecule has 4 aromatic rings. The van der Waals surface area contributed by atoms with Crippen molar-refractivity contribution in [2.75, 3.05) is 26.2 Å². The van der Waals surface area contributed by atoms with E-state index < -0.39 is 11.2 Å². The summed E-state index contributed by atoms with van der Waals surface area (Å²) >= 11 is 0. The number of hydrogen-bond acceptors (Lipinski definition) is 7. The van der Waals surface area contributed by atoms with Gasteiger partial charge in [-0.15, -0.1) is 0 Å². The van der Waals surface area contributed by atoms with Gasteiger partial charge in [-0.2, -0.15) is 0 Å². The Bertz CT molecular complexity index is 1780. The first-order valence-electron chi connectivity index (χ1n) is 16.3. The van der Waals surface area contributed by atoms with Crippen molar-refractivity contribution in [2.24, 2.45) is 5.92 Å². The number of nitrogens with zero attached hydrogens (tertiary/aromatic N) is 5. The lowest BCUT2D eigenvalue weighted by Gasteiger charge is -2.43. The maximum atomic E-state index is 14.0. The molecule has 2 saturated heterocycles. The highest BCUT2D eigenvalue weighted by atomic mass is 16.6. The van der Waals surface area contributed by atoms with Gasteiger partial charge in [0.05, 0.1) is 24.1 Å². The number of aromatic nitrogens is 3. The van der Waals surface area contributed by atoms with Gasteiger partial charge in [-0.3, -0.25) is 14.2 Å². The van der Waals surface area contributed by atoms with Gasteiger partial charge in [0.2, 0.25) is 5.91 Å². The summed E-state index contributed by atoms with van der Waals surface area (Å²) in [4.78, 5) is 48.5. The van der Waals surface area contributed by atoms with E-state index in [4.69, 9.17) is 4.74 Å². The van der Waals surface area contributed by atoms with Crippen molar-refractivity contribution in [3.63, 3.8) is 0 Å². The molecule has 0 bridgehead atoms. The summed E-state index contributed by atoms with van der Waals surface area (Å²) in [6.45, 7) is 7.12. The number of carbonyl (C=O) groups is 2. The number of benzene rings is 2. The van der Waals surface area contributed by atoms with Crippen molar-refractivity contribution in [1.29, 1.82) is 0 Å². The molecule has 2 fully saturated rings. The third-order valence-electron chi connectivity index (χ3n) is 9.35. The molecular weight excluding hydrogens is 598 g/mol.